The number of anilines is 1. The maximum atomic E-state index is 13.2. The lowest BCUT2D eigenvalue weighted by Crippen LogP contribution is -2.28. The number of methoxy groups -OCH3 is 2. The van der Waals surface area contributed by atoms with E-state index in [4.69, 9.17) is 25.5 Å². The largest absolute Gasteiger partial charge is 0.494 e. The van der Waals surface area contributed by atoms with Gasteiger partial charge in [-0.15, -0.1) is 10.2 Å². The second-order valence-corrected chi connectivity index (χ2v) is 9.84. The molecule has 1 N–H and O–H groups in total. The molecule has 34 heavy (non-hydrogen) atoms. The average molecular weight is 504 g/mol. The van der Waals surface area contributed by atoms with Crippen LogP contribution in [0.25, 0.3) is 17.3 Å². The minimum absolute atomic E-state index is 0.0508. The van der Waals surface area contributed by atoms with Crippen molar-refractivity contribution in [2.75, 3.05) is 18.9 Å². The first kappa shape index (κ1) is 23.6. The molecule has 0 fully saturated rings. The van der Waals surface area contributed by atoms with Crippen molar-refractivity contribution in [2.24, 2.45) is 0 Å². The van der Waals surface area contributed by atoms with Gasteiger partial charge in [-0.3, -0.25) is 14.3 Å². The van der Waals surface area contributed by atoms with Gasteiger partial charge in [-0.25, -0.2) is 8.42 Å². The maximum absolute atomic E-state index is 13.2. The van der Waals surface area contributed by atoms with Gasteiger partial charge in [0.25, 0.3) is 0 Å². The summed E-state index contributed by atoms with van der Waals surface area (Å²) in [6.07, 6.45) is 3.13. The Bertz CT molecular complexity index is 1350. The van der Waals surface area contributed by atoms with Gasteiger partial charge in [-0.1, -0.05) is 17.7 Å². The molecular weight excluding hydrogens is 482 g/mol. The molecule has 12 heteroatoms. The number of halogens is 1. The van der Waals surface area contributed by atoms with Crippen molar-refractivity contribution in [3.05, 3.63) is 65.6 Å². The second-order valence-electron chi connectivity index (χ2n) is 7.30. The highest BCUT2D eigenvalue weighted by atomic mass is 35.5. The molecular formula is C22H22ClN5O5S. The number of sulfonamides is 1. The number of para-hydroxylation sites is 1. The molecule has 0 saturated heterocycles. The summed E-state index contributed by atoms with van der Waals surface area (Å²) >= 11 is 5.88. The van der Waals surface area contributed by atoms with Gasteiger partial charge in [0.1, 0.15) is 17.2 Å². The van der Waals surface area contributed by atoms with E-state index < -0.39 is 15.3 Å². The quantitative estimate of drug-likeness (QED) is 0.364. The molecule has 1 aromatic carbocycles. The van der Waals surface area contributed by atoms with Crippen LogP contribution in [0.3, 0.4) is 0 Å². The van der Waals surface area contributed by atoms with E-state index in [9.17, 15) is 8.42 Å². The summed E-state index contributed by atoms with van der Waals surface area (Å²) in [5.41, 5.74) is 1.00. The molecule has 0 spiro atoms. The Labute approximate surface area is 201 Å². The van der Waals surface area contributed by atoms with Crippen LogP contribution in [0, 0.1) is 0 Å². The number of hydrogen-bond acceptors (Lipinski definition) is 8. The van der Waals surface area contributed by atoms with Crippen LogP contribution in [-0.2, 0) is 16.4 Å². The van der Waals surface area contributed by atoms with Crippen molar-refractivity contribution in [2.45, 2.75) is 18.6 Å². The van der Waals surface area contributed by atoms with E-state index >= 15 is 0 Å². The molecule has 0 amide bonds. The van der Waals surface area contributed by atoms with Gasteiger partial charge in [-0.05, 0) is 43.3 Å². The van der Waals surface area contributed by atoms with Crippen molar-refractivity contribution in [1.82, 2.24) is 19.7 Å². The third kappa shape index (κ3) is 4.70. The number of aromatic nitrogens is 4. The van der Waals surface area contributed by atoms with Crippen LogP contribution in [-0.4, -0.2) is 47.6 Å². The zero-order valence-corrected chi connectivity index (χ0v) is 20.2. The number of furan rings is 1. The van der Waals surface area contributed by atoms with Gasteiger partial charge in [0.15, 0.2) is 5.76 Å². The highest BCUT2D eigenvalue weighted by molar-refractivity contribution is 7.93. The molecule has 178 valence electrons. The highest BCUT2D eigenvalue weighted by Gasteiger charge is 2.28. The minimum atomic E-state index is -3.91. The van der Waals surface area contributed by atoms with Crippen LogP contribution in [0.4, 0.5) is 5.95 Å². The summed E-state index contributed by atoms with van der Waals surface area (Å²) in [6, 6.07) is 11.9. The lowest BCUT2D eigenvalue weighted by molar-refractivity contribution is 0.391. The third-order valence-corrected chi connectivity index (χ3v) is 7.00. The summed E-state index contributed by atoms with van der Waals surface area (Å²) in [6.45, 7) is 1.58. The fraction of sp³-hybridized carbons (Fsp3) is 0.227. The van der Waals surface area contributed by atoms with Gasteiger partial charge in [0.2, 0.25) is 21.8 Å². The number of hydrogen-bond donors (Lipinski definition) is 1. The number of ether oxygens (including phenoxy) is 2. The van der Waals surface area contributed by atoms with Crippen molar-refractivity contribution in [1.29, 1.82) is 0 Å². The first-order valence-electron chi connectivity index (χ1n) is 10.2. The summed E-state index contributed by atoms with van der Waals surface area (Å²) < 4.78 is 47.0. The second kappa shape index (κ2) is 9.74. The van der Waals surface area contributed by atoms with Gasteiger partial charge in [0, 0.05) is 18.3 Å². The average Bonchev–Trinajstić information content (AvgIpc) is 3.49. The van der Waals surface area contributed by atoms with Crippen molar-refractivity contribution < 1.29 is 22.3 Å². The highest BCUT2D eigenvalue weighted by Crippen LogP contribution is 2.37. The molecule has 0 aliphatic rings. The van der Waals surface area contributed by atoms with Crippen molar-refractivity contribution in [3.63, 3.8) is 0 Å². The number of pyridine rings is 1. The van der Waals surface area contributed by atoms with Gasteiger partial charge in [0.05, 0.1) is 30.8 Å². The Morgan fingerprint density at radius 1 is 1.09 bits per heavy atom. The Balaban J connectivity index is 1.77. The zero-order chi connectivity index (χ0) is 24.3. The smallest absolute Gasteiger partial charge is 0.243 e. The Hall–Kier alpha value is -3.57. The van der Waals surface area contributed by atoms with Crippen LogP contribution >= 0.6 is 11.6 Å². The standard InChI is InChI=1S/C22H22ClN5O5S/c1-14(12-16-10-9-15(23)13-24-16)34(29,30)27-22-26-25-21(19-8-5-11-33-19)28(22)20-17(31-2)6-4-7-18(20)32-3/h4-11,13-14H,12H2,1-3H3,(H,26,27)/t14-/m0/s1. The van der Waals surface area contributed by atoms with Crippen LogP contribution in [0.15, 0.2) is 59.3 Å². The SMILES string of the molecule is COc1cccc(OC)c1-n1c(NS(=O)(=O)[C@@H](C)Cc2ccc(Cl)cn2)nnc1-c1ccco1. The van der Waals surface area contributed by atoms with Crippen LogP contribution < -0.4 is 14.2 Å². The van der Waals surface area contributed by atoms with E-state index in [0.717, 1.165) is 0 Å². The molecule has 0 saturated carbocycles. The molecule has 4 rings (SSSR count). The monoisotopic (exact) mass is 503 g/mol. The molecule has 0 aliphatic heterocycles. The number of benzene rings is 1. The summed E-state index contributed by atoms with van der Waals surface area (Å²) in [7, 11) is -0.905. The summed E-state index contributed by atoms with van der Waals surface area (Å²) in [5, 5.41) is 7.92. The number of nitrogens with one attached hydrogen (secondary N) is 1. The molecule has 3 heterocycles. The zero-order valence-electron chi connectivity index (χ0n) is 18.6. The fourth-order valence-corrected chi connectivity index (χ4v) is 4.43. The predicted octanol–water partition coefficient (Wildman–Crippen LogP) is 3.97. The molecule has 0 aliphatic carbocycles. The minimum Gasteiger partial charge on any atom is -0.494 e. The Morgan fingerprint density at radius 3 is 2.41 bits per heavy atom. The first-order valence-corrected chi connectivity index (χ1v) is 12.1. The molecule has 1 atom stereocenters. The topological polar surface area (TPSA) is 121 Å². The lowest BCUT2D eigenvalue weighted by atomic mass is 10.2. The van der Waals surface area contributed by atoms with E-state index in [-0.39, 0.29) is 18.2 Å². The molecule has 0 radical (unpaired) electrons. The molecule has 0 bridgehead atoms. The van der Waals surface area contributed by atoms with Gasteiger partial charge >= 0.3 is 0 Å². The van der Waals surface area contributed by atoms with E-state index in [1.165, 1.54) is 31.2 Å². The van der Waals surface area contributed by atoms with Crippen LogP contribution in [0.1, 0.15) is 12.6 Å². The van der Waals surface area contributed by atoms with Crippen molar-refractivity contribution in [3.8, 4) is 28.8 Å². The maximum Gasteiger partial charge on any atom is 0.243 e. The normalized spacial score (nSPS) is 12.4. The Morgan fingerprint density at radius 2 is 1.82 bits per heavy atom. The van der Waals surface area contributed by atoms with E-state index in [0.29, 0.717) is 33.7 Å². The summed E-state index contributed by atoms with van der Waals surface area (Å²) in [4.78, 5) is 4.18. The third-order valence-electron chi connectivity index (χ3n) is 5.08. The van der Waals surface area contributed by atoms with Gasteiger partial charge < -0.3 is 13.9 Å². The van der Waals surface area contributed by atoms with Crippen LogP contribution in [0.2, 0.25) is 5.02 Å². The fourth-order valence-electron chi connectivity index (χ4n) is 3.34. The predicted molar refractivity (Wildman–Crippen MR) is 127 cm³/mol. The molecule has 4 aromatic rings. The number of rotatable bonds is 9. The number of nitrogens with zero attached hydrogens (tertiary/aromatic N) is 4. The molecule has 10 nitrogen and oxygen atoms in total. The lowest BCUT2D eigenvalue weighted by Gasteiger charge is -2.18. The summed E-state index contributed by atoms with van der Waals surface area (Å²) in [5.74, 6) is 1.43. The van der Waals surface area contributed by atoms with E-state index in [1.54, 1.807) is 49.4 Å². The van der Waals surface area contributed by atoms with Crippen molar-refractivity contribution >= 4 is 27.6 Å². The van der Waals surface area contributed by atoms with E-state index in [1.807, 2.05) is 0 Å². The van der Waals surface area contributed by atoms with Gasteiger partial charge in [-0.2, -0.15) is 0 Å². The van der Waals surface area contributed by atoms with E-state index in [2.05, 4.69) is 19.9 Å². The van der Waals surface area contributed by atoms with Crippen LogP contribution in [0.5, 0.6) is 11.5 Å². The molecule has 0 unspecified atom stereocenters. The Kier molecular flexibility index (Phi) is 6.75. The first-order chi connectivity index (χ1) is 16.3. The molecule has 3 aromatic heterocycles.